The largest absolute Gasteiger partial charge is 0.461 e. The summed E-state index contributed by atoms with van der Waals surface area (Å²) in [6.07, 6.45) is 3.11. The van der Waals surface area contributed by atoms with Crippen molar-refractivity contribution in [2.45, 2.75) is 13.8 Å². The number of rotatable bonds is 4. The summed E-state index contributed by atoms with van der Waals surface area (Å²) in [6.45, 7) is 3.80. The van der Waals surface area contributed by atoms with E-state index in [1.807, 2.05) is 6.92 Å². The molecule has 0 aromatic carbocycles. The molecule has 0 unspecified atom stereocenters. The Bertz CT molecular complexity index is 587. The Balaban J connectivity index is 2.30. The number of ether oxygens (including phenoxy) is 2. The first kappa shape index (κ1) is 12.9. The Labute approximate surface area is 110 Å². The Morgan fingerprint density at radius 1 is 1.26 bits per heavy atom. The second-order valence-electron chi connectivity index (χ2n) is 3.65. The van der Waals surface area contributed by atoms with Gasteiger partial charge in [0.05, 0.1) is 18.5 Å². The summed E-state index contributed by atoms with van der Waals surface area (Å²) < 4.78 is 10.5. The first-order valence-electron chi connectivity index (χ1n) is 5.80. The van der Waals surface area contributed by atoms with Gasteiger partial charge in [0.2, 0.25) is 5.69 Å². The third-order valence-corrected chi connectivity index (χ3v) is 2.33. The summed E-state index contributed by atoms with van der Waals surface area (Å²) in [5, 5.41) is 7.42. The number of pyridine rings is 1. The Morgan fingerprint density at radius 2 is 2.11 bits per heavy atom. The molecular formula is C13H13N3O3. The van der Waals surface area contributed by atoms with Gasteiger partial charge in [0, 0.05) is 12.3 Å². The van der Waals surface area contributed by atoms with Crippen LogP contribution in [0.15, 0.2) is 30.6 Å². The molecule has 0 radical (unpaired) electrons. The van der Waals surface area contributed by atoms with E-state index in [0.29, 0.717) is 17.2 Å². The number of aromatic nitrogens is 3. The first-order valence-corrected chi connectivity index (χ1v) is 5.80. The highest BCUT2D eigenvalue weighted by Gasteiger charge is 2.17. The maximum absolute atomic E-state index is 11.7. The molecule has 0 saturated heterocycles. The topological polar surface area (TPSA) is 74.2 Å². The maximum atomic E-state index is 11.7. The maximum Gasteiger partial charge on any atom is 0.362 e. The second-order valence-corrected chi connectivity index (χ2v) is 3.65. The molecule has 0 aliphatic rings. The van der Waals surface area contributed by atoms with Gasteiger partial charge in [0.1, 0.15) is 5.75 Å². The van der Waals surface area contributed by atoms with Crippen LogP contribution in [0.25, 0.3) is 0 Å². The number of carbonyl (C=O) groups is 1. The van der Waals surface area contributed by atoms with Crippen molar-refractivity contribution < 1.29 is 14.3 Å². The highest BCUT2D eigenvalue weighted by atomic mass is 16.5. The van der Waals surface area contributed by atoms with Crippen molar-refractivity contribution in [2.75, 3.05) is 6.61 Å². The van der Waals surface area contributed by atoms with Crippen LogP contribution in [0.3, 0.4) is 0 Å². The molecule has 6 heteroatoms. The summed E-state index contributed by atoms with van der Waals surface area (Å²) >= 11 is 0. The molecule has 0 fully saturated rings. The van der Waals surface area contributed by atoms with Crippen molar-refractivity contribution in [3.63, 3.8) is 0 Å². The fourth-order valence-electron chi connectivity index (χ4n) is 1.44. The average Bonchev–Trinajstić information content (AvgIpc) is 2.42. The molecule has 0 saturated carbocycles. The SMILES string of the molecule is CCOC(=O)c1nnccc1Oc1cccnc1C. The number of nitrogens with zero attached hydrogens (tertiary/aromatic N) is 3. The molecule has 0 aliphatic heterocycles. The lowest BCUT2D eigenvalue weighted by Gasteiger charge is -2.09. The van der Waals surface area contributed by atoms with Gasteiger partial charge in [0.15, 0.2) is 5.75 Å². The molecule has 0 N–H and O–H groups in total. The van der Waals surface area contributed by atoms with E-state index in [1.165, 1.54) is 6.20 Å². The van der Waals surface area contributed by atoms with Gasteiger partial charge < -0.3 is 9.47 Å². The van der Waals surface area contributed by atoms with E-state index < -0.39 is 5.97 Å². The normalized spacial score (nSPS) is 10.0. The van der Waals surface area contributed by atoms with Crippen LogP contribution in [0.1, 0.15) is 23.1 Å². The molecule has 0 amide bonds. The van der Waals surface area contributed by atoms with Crippen LogP contribution in [0, 0.1) is 6.92 Å². The van der Waals surface area contributed by atoms with Crippen molar-refractivity contribution in [2.24, 2.45) is 0 Å². The first-order chi connectivity index (χ1) is 9.22. The minimum atomic E-state index is -0.563. The molecule has 2 heterocycles. The summed E-state index contributed by atoms with van der Waals surface area (Å²) in [5.74, 6) is 0.290. The molecule has 0 atom stereocenters. The minimum Gasteiger partial charge on any atom is -0.461 e. The highest BCUT2D eigenvalue weighted by molar-refractivity contribution is 5.90. The lowest BCUT2D eigenvalue weighted by molar-refractivity contribution is 0.0515. The molecule has 19 heavy (non-hydrogen) atoms. The van der Waals surface area contributed by atoms with E-state index in [1.54, 1.807) is 31.3 Å². The van der Waals surface area contributed by atoms with Crippen LogP contribution in [0.2, 0.25) is 0 Å². The van der Waals surface area contributed by atoms with Gasteiger partial charge >= 0.3 is 5.97 Å². The van der Waals surface area contributed by atoms with Gasteiger partial charge in [-0.25, -0.2) is 4.79 Å². The lowest BCUT2D eigenvalue weighted by atomic mass is 10.3. The van der Waals surface area contributed by atoms with Crippen LogP contribution < -0.4 is 4.74 Å². The van der Waals surface area contributed by atoms with Crippen molar-refractivity contribution >= 4 is 5.97 Å². The van der Waals surface area contributed by atoms with Crippen molar-refractivity contribution in [1.29, 1.82) is 0 Å². The van der Waals surface area contributed by atoms with Crippen LogP contribution in [-0.4, -0.2) is 27.8 Å². The van der Waals surface area contributed by atoms with Crippen molar-refractivity contribution in [3.05, 3.63) is 42.0 Å². The third-order valence-electron chi connectivity index (χ3n) is 2.33. The quantitative estimate of drug-likeness (QED) is 0.783. The molecule has 0 spiro atoms. The Kier molecular flexibility index (Phi) is 4.02. The van der Waals surface area contributed by atoms with Gasteiger partial charge in [-0.3, -0.25) is 4.98 Å². The Morgan fingerprint density at radius 3 is 2.84 bits per heavy atom. The number of hydrogen-bond acceptors (Lipinski definition) is 6. The van der Waals surface area contributed by atoms with E-state index in [4.69, 9.17) is 9.47 Å². The number of aryl methyl sites for hydroxylation is 1. The van der Waals surface area contributed by atoms with Crippen LogP contribution in [0.5, 0.6) is 11.5 Å². The van der Waals surface area contributed by atoms with Crippen LogP contribution in [0.4, 0.5) is 0 Å². The van der Waals surface area contributed by atoms with E-state index in [2.05, 4.69) is 15.2 Å². The van der Waals surface area contributed by atoms with Gasteiger partial charge in [-0.15, -0.1) is 5.10 Å². The fraction of sp³-hybridized carbons (Fsp3) is 0.231. The monoisotopic (exact) mass is 259 g/mol. The molecule has 0 bridgehead atoms. The van der Waals surface area contributed by atoms with E-state index >= 15 is 0 Å². The predicted molar refractivity (Wildman–Crippen MR) is 67.0 cm³/mol. The molecule has 98 valence electrons. The molecule has 2 rings (SSSR count). The zero-order chi connectivity index (χ0) is 13.7. The molecule has 2 aromatic rings. The van der Waals surface area contributed by atoms with Gasteiger partial charge in [-0.2, -0.15) is 5.10 Å². The zero-order valence-electron chi connectivity index (χ0n) is 10.7. The van der Waals surface area contributed by atoms with E-state index in [9.17, 15) is 4.79 Å². The van der Waals surface area contributed by atoms with Gasteiger partial charge in [-0.1, -0.05) is 0 Å². The number of carbonyl (C=O) groups excluding carboxylic acids is 1. The lowest BCUT2D eigenvalue weighted by Crippen LogP contribution is -2.10. The molecule has 6 nitrogen and oxygen atoms in total. The highest BCUT2D eigenvalue weighted by Crippen LogP contribution is 2.25. The summed E-state index contributed by atoms with van der Waals surface area (Å²) in [6, 6.07) is 5.07. The predicted octanol–water partition coefficient (Wildman–Crippen LogP) is 2.15. The standard InChI is InChI=1S/C13H13N3O3/c1-3-18-13(17)12-11(6-8-15-16-12)19-10-5-4-7-14-9(10)2/h4-8H,3H2,1-2H3. The zero-order valence-corrected chi connectivity index (χ0v) is 10.7. The molecule has 0 aliphatic carbocycles. The van der Waals surface area contributed by atoms with Gasteiger partial charge in [0.25, 0.3) is 0 Å². The number of esters is 1. The number of hydrogen-bond donors (Lipinski definition) is 0. The second kappa shape index (κ2) is 5.90. The van der Waals surface area contributed by atoms with Crippen molar-refractivity contribution in [3.8, 4) is 11.5 Å². The van der Waals surface area contributed by atoms with Crippen LogP contribution >= 0.6 is 0 Å². The molecular weight excluding hydrogens is 246 g/mol. The summed E-state index contributed by atoms with van der Waals surface area (Å²) in [5.41, 5.74) is 0.765. The summed E-state index contributed by atoms with van der Waals surface area (Å²) in [4.78, 5) is 15.8. The minimum absolute atomic E-state index is 0.0487. The summed E-state index contributed by atoms with van der Waals surface area (Å²) in [7, 11) is 0. The fourth-order valence-corrected chi connectivity index (χ4v) is 1.44. The average molecular weight is 259 g/mol. The third kappa shape index (κ3) is 3.04. The Hall–Kier alpha value is -2.50. The molecule has 2 aromatic heterocycles. The van der Waals surface area contributed by atoms with E-state index in [0.717, 1.165) is 0 Å². The van der Waals surface area contributed by atoms with Gasteiger partial charge in [-0.05, 0) is 26.0 Å². The smallest absolute Gasteiger partial charge is 0.362 e. The van der Waals surface area contributed by atoms with E-state index in [-0.39, 0.29) is 12.3 Å². The van der Waals surface area contributed by atoms with Crippen molar-refractivity contribution in [1.82, 2.24) is 15.2 Å². The van der Waals surface area contributed by atoms with Crippen LogP contribution in [-0.2, 0) is 4.74 Å².